The van der Waals surface area contributed by atoms with Crippen LogP contribution in [-0.2, 0) is 13.1 Å². The molecule has 0 saturated heterocycles. The van der Waals surface area contributed by atoms with Gasteiger partial charge in [0.05, 0.1) is 19.2 Å². The molecule has 0 bridgehead atoms. The Kier molecular flexibility index (Phi) is 10.5. The minimum absolute atomic E-state index is 0.0696. The van der Waals surface area contributed by atoms with Crippen LogP contribution in [-0.4, -0.2) is 24.8 Å². The Bertz CT molecular complexity index is 1150. The lowest BCUT2D eigenvalue weighted by Gasteiger charge is -2.15. The van der Waals surface area contributed by atoms with Gasteiger partial charge in [0.1, 0.15) is 18.1 Å². The summed E-state index contributed by atoms with van der Waals surface area (Å²) in [5.74, 6) is 1.48. The number of methoxy groups -OCH3 is 1. The summed E-state index contributed by atoms with van der Waals surface area (Å²) in [6.07, 6.45) is 3.45. The van der Waals surface area contributed by atoms with Crippen molar-refractivity contribution in [2.24, 2.45) is 0 Å². The number of allylic oxidation sites excluding steroid dienone is 1. The van der Waals surface area contributed by atoms with Crippen LogP contribution in [0.4, 0.5) is 0 Å². The van der Waals surface area contributed by atoms with E-state index >= 15 is 0 Å². The van der Waals surface area contributed by atoms with Gasteiger partial charge >= 0.3 is 0 Å². The van der Waals surface area contributed by atoms with Gasteiger partial charge in [0, 0.05) is 23.7 Å². The van der Waals surface area contributed by atoms with Crippen LogP contribution in [0.3, 0.4) is 0 Å². The molecule has 0 aliphatic carbocycles. The van der Waals surface area contributed by atoms with E-state index in [4.69, 9.17) is 21.1 Å². The number of aromatic nitrogens is 1. The van der Waals surface area contributed by atoms with Gasteiger partial charge in [0.2, 0.25) is 0 Å². The third kappa shape index (κ3) is 7.67. The number of hydrogen-bond acceptors (Lipinski definition) is 4. The van der Waals surface area contributed by atoms with Crippen molar-refractivity contribution in [2.75, 3.05) is 20.3 Å². The average Bonchev–Trinajstić information content (AvgIpc) is 2.82. The molecule has 3 rings (SSSR count). The molecule has 1 N–H and O–H groups in total. The van der Waals surface area contributed by atoms with E-state index in [1.165, 1.54) is 0 Å². The Morgan fingerprint density at radius 1 is 1.12 bits per heavy atom. The van der Waals surface area contributed by atoms with Crippen molar-refractivity contribution < 1.29 is 9.47 Å². The second-order valence-corrected chi connectivity index (χ2v) is 7.66. The monoisotopic (exact) mass is 466 g/mol. The topological polar surface area (TPSA) is 52.5 Å². The molecule has 6 heteroatoms. The van der Waals surface area contributed by atoms with E-state index in [1.807, 2.05) is 55.5 Å². The number of ether oxygens (including phenoxy) is 2. The van der Waals surface area contributed by atoms with Crippen LogP contribution in [0.2, 0.25) is 5.02 Å². The van der Waals surface area contributed by atoms with E-state index in [0.717, 1.165) is 22.2 Å². The van der Waals surface area contributed by atoms with Crippen LogP contribution in [0.25, 0.3) is 10.9 Å². The maximum absolute atomic E-state index is 13.1. The molecule has 0 unspecified atom stereocenters. The van der Waals surface area contributed by atoms with Crippen LogP contribution >= 0.6 is 11.6 Å². The van der Waals surface area contributed by atoms with Crippen LogP contribution in [0.1, 0.15) is 12.5 Å². The number of hydrogen-bond donors (Lipinski definition) is 1. The summed E-state index contributed by atoms with van der Waals surface area (Å²) in [6.45, 7) is 14.6. The quantitative estimate of drug-likeness (QED) is 0.304. The van der Waals surface area contributed by atoms with Crippen LogP contribution < -0.4 is 20.3 Å². The zero-order valence-electron chi connectivity index (χ0n) is 19.3. The van der Waals surface area contributed by atoms with Gasteiger partial charge < -0.3 is 19.4 Å². The smallest absolute Gasteiger partial charge is 0.255 e. The maximum Gasteiger partial charge on any atom is 0.255 e. The van der Waals surface area contributed by atoms with E-state index in [2.05, 4.69) is 25.1 Å². The molecular weight excluding hydrogens is 436 g/mol. The summed E-state index contributed by atoms with van der Waals surface area (Å²) in [7, 11) is 1.62. The third-order valence-electron chi connectivity index (χ3n) is 4.73. The van der Waals surface area contributed by atoms with Gasteiger partial charge in [-0.1, -0.05) is 43.0 Å². The fraction of sp³-hybridized carbons (Fsp3) is 0.222. The Hall–Kier alpha value is -3.28. The molecule has 0 amide bonds. The lowest BCUT2D eigenvalue weighted by atomic mass is 10.1. The van der Waals surface area contributed by atoms with Crippen molar-refractivity contribution >= 4 is 22.5 Å². The largest absolute Gasteiger partial charge is 0.497 e. The number of nitrogens with one attached hydrogen (secondary N) is 1. The SMILES string of the molecule is C=CC.C=CC(=C)CNCc1cc2ccc(Cl)cc2n(CCOc2ccc(OC)cc2)c1=O. The van der Waals surface area contributed by atoms with Gasteiger partial charge in [-0.05, 0) is 60.3 Å². The highest BCUT2D eigenvalue weighted by molar-refractivity contribution is 6.31. The van der Waals surface area contributed by atoms with Crippen LogP contribution in [0.5, 0.6) is 11.5 Å². The van der Waals surface area contributed by atoms with Gasteiger partial charge in [-0.3, -0.25) is 4.79 Å². The van der Waals surface area contributed by atoms with Gasteiger partial charge in [0.15, 0.2) is 0 Å². The number of pyridine rings is 1. The number of rotatable bonds is 10. The standard InChI is InChI=1S/C24H25ClN2O3.C3H6/c1-4-17(2)15-26-16-19-13-18-5-6-20(25)14-23(18)27(24(19)28)11-12-30-22-9-7-21(29-3)8-10-22;1-3-2/h4-10,13-14,26H,1-2,11-12,15-16H2,3H3;3H,1H2,2H3. The molecule has 0 aliphatic heterocycles. The maximum atomic E-state index is 13.1. The summed E-state index contributed by atoms with van der Waals surface area (Å²) in [5.41, 5.74) is 2.26. The number of benzene rings is 2. The Labute approximate surface area is 200 Å². The van der Waals surface area contributed by atoms with E-state index in [9.17, 15) is 4.79 Å². The molecule has 0 aliphatic rings. The molecule has 1 heterocycles. The van der Waals surface area contributed by atoms with Crippen molar-refractivity contribution in [2.45, 2.75) is 20.0 Å². The molecule has 0 spiro atoms. The third-order valence-corrected chi connectivity index (χ3v) is 4.97. The molecule has 0 saturated carbocycles. The zero-order chi connectivity index (χ0) is 24.2. The first-order valence-corrected chi connectivity index (χ1v) is 11.0. The molecule has 174 valence electrons. The van der Waals surface area contributed by atoms with Gasteiger partial charge in [-0.15, -0.1) is 6.58 Å². The highest BCUT2D eigenvalue weighted by atomic mass is 35.5. The summed E-state index contributed by atoms with van der Waals surface area (Å²) in [4.78, 5) is 13.1. The average molecular weight is 467 g/mol. The molecule has 2 aromatic carbocycles. The molecule has 0 radical (unpaired) electrons. The normalized spacial score (nSPS) is 10.2. The van der Waals surface area contributed by atoms with Crippen molar-refractivity contribution in [3.63, 3.8) is 0 Å². The second-order valence-electron chi connectivity index (χ2n) is 7.23. The minimum atomic E-state index is -0.0696. The fourth-order valence-corrected chi connectivity index (χ4v) is 3.28. The van der Waals surface area contributed by atoms with E-state index in [1.54, 1.807) is 23.8 Å². The molecule has 0 atom stereocenters. The van der Waals surface area contributed by atoms with E-state index in [-0.39, 0.29) is 5.56 Å². The Morgan fingerprint density at radius 2 is 1.79 bits per heavy atom. The Balaban J connectivity index is 0.00000122. The van der Waals surface area contributed by atoms with E-state index < -0.39 is 0 Å². The molecule has 0 fully saturated rings. The Morgan fingerprint density at radius 3 is 2.42 bits per heavy atom. The van der Waals surface area contributed by atoms with Gasteiger partial charge in [-0.2, -0.15) is 0 Å². The number of fused-ring (bicyclic) bond motifs is 1. The van der Waals surface area contributed by atoms with E-state index in [0.29, 0.717) is 42.6 Å². The minimum Gasteiger partial charge on any atom is -0.497 e. The molecule has 3 aromatic rings. The van der Waals surface area contributed by atoms with Crippen molar-refractivity contribution in [1.29, 1.82) is 0 Å². The highest BCUT2D eigenvalue weighted by Crippen LogP contribution is 2.20. The summed E-state index contributed by atoms with van der Waals surface area (Å²) < 4.78 is 12.7. The first-order chi connectivity index (χ1) is 15.9. The number of nitrogens with zero attached hydrogens (tertiary/aromatic N) is 1. The predicted molar refractivity (Wildman–Crippen MR) is 139 cm³/mol. The molecule has 5 nitrogen and oxygen atoms in total. The molecule has 1 aromatic heterocycles. The summed E-state index contributed by atoms with van der Waals surface area (Å²) in [6, 6.07) is 14.8. The lowest BCUT2D eigenvalue weighted by molar-refractivity contribution is 0.298. The first kappa shape index (κ1) is 26.0. The second kappa shape index (κ2) is 13.3. The zero-order valence-corrected chi connectivity index (χ0v) is 20.0. The van der Waals surface area contributed by atoms with Gasteiger partial charge in [-0.25, -0.2) is 0 Å². The van der Waals surface area contributed by atoms with Gasteiger partial charge in [0.25, 0.3) is 5.56 Å². The van der Waals surface area contributed by atoms with Crippen molar-refractivity contribution in [3.05, 3.63) is 107 Å². The summed E-state index contributed by atoms with van der Waals surface area (Å²) in [5, 5.41) is 4.77. The first-order valence-electron chi connectivity index (χ1n) is 10.6. The number of halogens is 1. The summed E-state index contributed by atoms with van der Waals surface area (Å²) >= 11 is 6.19. The molecular formula is C27H31ClN2O3. The fourth-order valence-electron chi connectivity index (χ4n) is 3.11. The lowest BCUT2D eigenvalue weighted by Crippen LogP contribution is -2.29. The van der Waals surface area contributed by atoms with Crippen LogP contribution in [0.15, 0.2) is 90.8 Å². The van der Waals surface area contributed by atoms with Crippen molar-refractivity contribution in [1.82, 2.24) is 9.88 Å². The van der Waals surface area contributed by atoms with Crippen molar-refractivity contribution in [3.8, 4) is 11.5 Å². The molecule has 33 heavy (non-hydrogen) atoms. The predicted octanol–water partition coefficient (Wildman–Crippen LogP) is 5.77. The highest BCUT2D eigenvalue weighted by Gasteiger charge is 2.10. The van der Waals surface area contributed by atoms with Crippen LogP contribution in [0, 0.1) is 0 Å².